The first-order chi connectivity index (χ1) is 9.10. The van der Waals surface area contributed by atoms with E-state index in [-0.39, 0.29) is 12.6 Å². The van der Waals surface area contributed by atoms with E-state index in [1.807, 2.05) is 31.2 Å². The van der Waals surface area contributed by atoms with Gasteiger partial charge in [0.1, 0.15) is 0 Å². The topological polar surface area (TPSA) is 32.3 Å². The van der Waals surface area contributed by atoms with Gasteiger partial charge in [0, 0.05) is 10.2 Å². The Labute approximate surface area is 122 Å². The lowest BCUT2D eigenvalue weighted by Gasteiger charge is -2.19. The monoisotopic (exact) mass is 319 g/mol. The second kappa shape index (κ2) is 6.22. The molecule has 2 nitrogen and oxygen atoms in total. The normalized spacial score (nSPS) is 12.2. The third-order valence-corrected chi connectivity index (χ3v) is 4.05. The largest absolute Gasteiger partial charge is 0.394 e. The van der Waals surface area contributed by atoms with Gasteiger partial charge in [-0.3, -0.25) is 0 Å². The molecule has 1 atom stereocenters. The molecule has 2 N–H and O–H groups in total. The Bertz CT molecular complexity index is 551. The SMILES string of the molecule is Cc1ccc(NC(CO)c2ccc(Br)c(C)c2)cc1. The summed E-state index contributed by atoms with van der Waals surface area (Å²) in [5.74, 6) is 0. The van der Waals surface area contributed by atoms with Crippen LogP contribution < -0.4 is 5.32 Å². The molecule has 0 saturated carbocycles. The predicted molar refractivity (Wildman–Crippen MR) is 83.5 cm³/mol. The molecule has 0 radical (unpaired) electrons. The van der Waals surface area contributed by atoms with Gasteiger partial charge in [0.2, 0.25) is 0 Å². The van der Waals surface area contributed by atoms with E-state index in [1.54, 1.807) is 0 Å². The highest BCUT2D eigenvalue weighted by Gasteiger charge is 2.11. The van der Waals surface area contributed by atoms with Crippen LogP contribution >= 0.6 is 15.9 Å². The molecule has 100 valence electrons. The number of halogens is 1. The van der Waals surface area contributed by atoms with E-state index in [0.717, 1.165) is 15.7 Å². The minimum Gasteiger partial charge on any atom is -0.394 e. The van der Waals surface area contributed by atoms with Crippen LogP contribution in [0.5, 0.6) is 0 Å². The molecule has 0 amide bonds. The second-order valence-electron chi connectivity index (χ2n) is 4.75. The smallest absolute Gasteiger partial charge is 0.0745 e. The van der Waals surface area contributed by atoms with Crippen molar-refractivity contribution in [2.75, 3.05) is 11.9 Å². The Morgan fingerprint density at radius 3 is 2.37 bits per heavy atom. The molecule has 0 bridgehead atoms. The van der Waals surface area contributed by atoms with Crippen molar-refractivity contribution >= 4 is 21.6 Å². The second-order valence-corrected chi connectivity index (χ2v) is 5.61. The molecule has 0 aromatic heterocycles. The molecule has 19 heavy (non-hydrogen) atoms. The first kappa shape index (κ1) is 14.1. The summed E-state index contributed by atoms with van der Waals surface area (Å²) in [5, 5.41) is 12.9. The van der Waals surface area contributed by atoms with Crippen molar-refractivity contribution in [2.24, 2.45) is 0 Å². The summed E-state index contributed by atoms with van der Waals surface area (Å²) in [5.41, 5.74) is 4.50. The molecule has 0 aliphatic rings. The third kappa shape index (κ3) is 3.58. The highest BCUT2D eigenvalue weighted by molar-refractivity contribution is 9.10. The van der Waals surface area contributed by atoms with Gasteiger partial charge in [0.25, 0.3) is 0 Å². The van der Waals surface area contributed by atoms with Crippen molar-refractivity contribution in [3.05, 3.63) is 63.6 Å². The summed E-state index contributed by atoms with van der Waals surface area (Å²) in [7, 11) is 0. The van der Waals surface area contributed by atoms with Crippen molar-refractivity contribution in [2.45, 2.75) is 19.9 Å². The zero-order valence-electron chi connectivity index (χ0n) is 11.2. The Morgan fingerprint density at radius 1 is 1.11 bits per heavy atom. The maximum absolute atomic E-state index is 9.58. The summed E-state index contributed by atoms with van der Waals surface area (Å²) in [4.78, 5) is 0. The average Bonchev–Trinajstić information content (AvgIpc) is 2.41. The van der Waals surface area contributed by atoms with Crippen molar-refractivity contribution in [3.8, 4) is 0 Å². The molecule has 2 aromatic carbocycles. The Kier molecular flexibility index (Phi) is 4.61. The standard InChI is InChI=1S/C16H18BrNO/c1-11-3-6-14(7-4-11)18-16(10-19)13-5-8-15(17)12(2)9-13/h3-9,16,18-19H,10H2,1-2H3. The molecule has 0 saturated heterocycles. The van der Waals surface area contributed by atoms with Crippen LogP contribution in [0.4, 0.5) is 5.69 Å². The van der Waals surface area contributed by atoms with Gasteiger partial charge in [-0.2, -0.15) is 0 Å². The predicted octanol–water partition coefficient (Wildman–Crippen LogP) is 4.21. The third-order valence-electron chi connectivity index (χ3n) is 3.16. The van der Waals surface area contributed by atoms with Crippen molar-refractivity contribution in [1.29, 1.82) is 0 Å². The molecule has 1 unspecified atom stereocenters. The maximum Gasteiger partial charge on any atom is 0.0745 e. The van der Waals surface area contributed by atoms with Gasteiger partial charge in [0.05, 0.1) is 12.6 Å². The summed E-state index contributed by atoms with van der Waals surface area (Å²) in [6, 6.07) is 14.2. The zero-order chi connectivity index (χ0) is 13.8. The van der Waals surface area contributed by atoms with Crippen LogP contribution in [0.3, 0.4) is 0 Å². The number of aryl methyl sites for hydroxylation is 2. The van der Waals surface area contributed by atoms with E-state index in [9.17, 15) is 5.11 Å². The number of aliphatic hydroxyl groups excluding tert-OH is 1. The van der Waals surface area contributed by atoms with Crippen LogP contribution in [0.15, 0.2) is 46.9 Å². The molecule has 2 aromatic rings. The minimum atomic E-state index is -0.0884. The van der Waals surface area contributed by atoms with E-state index < -0.39 is 0 Å². The number of hydrogen-bond donors (Lipinski definition) is 2. The fourth-order valence-corrected chi connectivity index (χ4v) is 2.22. The number of aliphatic hydroxyl groups is 1. The summed E-state index contributed by atoms with van der Waals surface area (Å²) in [6.45, 7) is 4.17. The summed E-state index contributed by atoms with van der Waals surface area (Å²) < 4.78 is 1.09. The molecule has 3 heteroatoms. The first-order valence-electron chi connectivity index (χ1n) is 6.30. The van der Waals surface area contributed by atoms with Crippen LogP contribution in [0.2, 0.25) is 0 Å². The Hall–Kier alpha value is -1.32. The molecule has 2 rings (SSSR count). The number of rotatable bonds is 4. The lowest BCUT2D eigenvalue weighted by atomic mass is 10.0. The van der Waals surface area contributed by atoms with Crippen molar-refractivity contribution < 1.29 is 5.11 Å². The molecule has 0 aliphatic heterocycles. The fraction of sp³-hybridized carbons (Fsp3) is 0.250. The van der Waals surface area contributed by atoms with Crippen LogP contribution in [0.25, 0.3) is 0 Å². The number of anilines is 1. The van der Waals surface area contributed by atoms with E-state index >= 15 is 0 Å². The molecule has 0 aliphatic carbocycles. The van der Waals surface area contributed by atoms with Crippen molar-refractivity contribution in [1.82, 2.24) is 0 Å². The van der Waals surface area contributed by atoms with Crippen LogP contribution in [-0.4, -0.2) is 11.7 Å². The van der Waals surface area contributed by atoms with Gasteiger partial charge in [-0.1, -0.05) is 45.8 Å². The quantitative estimate of drug-likeness (QED) is 0.884. The fourth-order valence-electron chi connectivity index (χ4n) is 1.97. The Morgan fingerprint density at radius 2 is 1.79 bits per heavy atom. The van der Waals surface area contributed by atoms with E-state index in [4.69, 9.17) is 0 Å². The first-order valence-corrected chi connectivity index (χ1v) is 7.09. The molecule has 0 spiro atoms. The molecule has 0 fully saturated rings. The van der Waals surface area contributed by atoms with Crippen molar-refractivity contribution in [3.63, 3.8) is 0 Å². The summed E-state index contributed by atoms with van der Waals surface area (Å²) in [6.07, 6.45) is 0. The molecular formula is C16H18BrNO. The van der Waals surface area contributed by atoms with Gasteiger partial charge < -0.3 is 10.4 Å². The molecular weight excluding hydrogens is 302 g/mol. The summed E-state index contributed by atoms with van der Waals surface area (Å²) >= 11 is 3.49. The van der Waals surface area contributed by atoms with Gasteiger partial charge in [-0.05, 0) is 43.2 Å². The number of hydrogen-bond acceptors (Lipinski definition) is 2. The lowest BCUT2D eigenvalue weighted by Crippen LogP contribution is -2.15. The van der Waals surface area contributed by atoms with E-state index in [2.05, 4.69) is 46.4 Å². The van der Waals surface area contributed by atoms with E-state index in [0.29, 0.717) is 0 Å². The lowest BCUT2D eigenvalue weighted by molar-refractivity contribution is 0.276. The van der Waals surface area contributed by atoms with Crippen LogP contribution in [0.1, 0.15) is 22.7 Å². The number of nitrogens with one attached hydrogen (secondary N) is 1. The highest BCUT2D eigenvalue weighted by atomic mass is 79.9. The average molecular weight is 320 g/mol. The van der Waals surface area contributed by atoms with Gasteiger partial charge in [0.15, 0.2) is 0 Å². The van der Waals surface area contributed by atoms with E-state index in [1.165, 1.54) is 11.1 Å². The number of benzene rings is 2. The maximum atomic E-state index is 9.58. The zero-order valence-corrected chi connectivity index (χ0v) is 12.7. The van der Waals surface area contributed by atoms with Gasteiger partial charge >= 0.3 is 0 Å². The molecule has 0 heterocycles. The Balaban J connectivity index is 2.19. The van der Waals surface area contributed by atoms with Gasteiger partial charge in [-0.15, -0.1) is 0 Å². The highest BCUT2D eigenvalue weighted by Crippen LogP contribution is 2.24. The van der Waals surface area contributed by atoms with Crippen LogP contribution in [0, 0.1) is 13.8 Å². The van der Waals surface area contributed by atoms with Gasteiger partial charge in [-0.25, -0.2) is 0 Å². The minimum absolute atomic E-state index is 0.0644. The van der Waals surface area contributed by atoms with Crippen LogP contribution in [-0.2, 0) is 0 Å².